The molecular formula is C46H78NO4S2+. The number of unbranched alkanes of at least 4 members (excludes halogenated alkanes) is 20. The number of nitrogens with zero attached hydrogens (tertiary/aromatic N) is 1. The number of hydrogen-bond donors (Lipinski definition) is 2. The molecule has 2 aromatic carbocycles. The third-order valence-electron chi connectivity index (χ3n) is 10.4. The first kappa shape index (κ1) is 49.1. The van der Waals surface area contributed by atoms with Gasteiger partial charge in [-0.3, -0.25) is 0 Å². The lowest BCUT2D eigenvalue weighted by atomic mass is 10.0. The third-order valence-corrected chi connectivity index (χ3v) is 12.9. The van der Waals surface area contributed by atoms with Gasteiger partial charge in [-0.1, -0.05) is 176 Å². The highest BCUT2D eigenvalue weighted by Crippen LogP contribution is 2.40. The molecule has 0 radical (unpaired) electrons. The number of carbonyl (C=O) groups is 2. The molecule has 0 unspecified atom stereocenters. The molecule has 0 saturated heterocycles. The average molecular weight is 773 g/mol. The number of carboxylic acid groups (broad SMARTS) is 2. The van der Waals surface area contributed by atoms with Crippen LogP contribution in [-0.4, -0.2) is 52.8 Å². The summed E-state index contributed by atoms with van der Waals surface area (Å²) in [7, 11) is 2.47. The number of carboxylic acids is 2. The van der Waals surface area contributed by atoms with Gasteiger partial charge in [0.25, 0.3) is 0 Å². The van der Waals surface area contributed by atoms with Crippen molar-refractivity contribution in [1.82, 2.24) is 0 Å². The lowest BCUT2D eigenvalue weighted by Gasteiger charge is -2.40. The Bertz CT molecular complexity index is 1060. The number of quaternary nitrogens is 1. The topological polar surface area (TPSA) is 74.6 Å². The van der Waals surface area contributed by atoms with Crippen molar-refractivity contribution in [2.24, 2.45) is 0 Å². The summed E-state index contributed by atoms with van der Waals surface area (Å²) in [6, 6.07) is 13.3. The van der Waals surface area contributed by atoms with Crippen molar-refractivity contribution in [3.8, 4) is 0 Å². The molecule has 5 nitrogen and oxygen atoms in total. The Morgan fingerprint density at radius 3 is 0.925 bits per heavy atom. The highest BCUT2D eigenvalue weighted by Gasteiger charge is 2.25. The molecule has 0 fully saturated rings. The first-order chi connectivity index (χ1) is 25.8. The minimum atomic E-state index is -1.000. The van der Waals surface area contributed by atoms with Gasteiger partial charge in [-0.05, 0) is 75.6 Å². The van der Waals surface area contributed by atoms with Gasteiger partial charge in [-0.25, -0.2) is 9.59 Å². The second kappa shape index (κ2) is 33.4. The van der Waals surface area contributed by atoms with Crippen LogP contribution in [0, 0.1) is 0 Å². The van der Waals surface area contributed by atoms with Crippen molar-refractivity contribution in [2.75, 3.05) is 26.2 Å². The van der Waals surface area contributed by atoms with E-state index in [0.717, 1.165) is 0 Å². The Kier molecular flexibility index (Phi) is 30.9. The lowest BCUT2D eigenvalue weighted by Crippen LogP contribution is -2.50. The van der Waals surface area contributed by atoms with Gasteiger partial charge >= 0.3 is 11.9 Å². The van der Waals surface area contributed by atoms with Crippen LogP contribution in [0.2, 0.25) is 0 Å². The van der Waals surface area contributed by atoms with Gasteiger partial charge in [0.05, 0.1) is 37.3 Å². The normalized spacial score (nSPS) is 11.3. The molecule has 0 aliphatic rings. The Morgan fingerprint density at radius 1 is 0.415 bits per heavy atom. The maximum atomic E-state index is 11.1. The van der Waals surface area contributed by atoms with Gasteiger partial charge in [0.2, 0.25) is 0 Å². The Hall–Kier alpha value is -1.96. The SMILES string of the molecule is CCCCCCCC[N+](CCCCCCCC)(CCCCCCCC)CCCCCCCC.O=C(O)c1ccccc1SSc1ccccc1C(=O)O. The molecule has 2 N–H and O–H groups in total. The van der Waals surface area contributed by atoms with E-state index in [1.807, 2.05) is 0 Å². The predicted octanol–water partition coefficient (Wildman–Crippen LogP) is 15.1. The summed E-state index contributed by atoms with van der Waals surface area (Å²) in [5.41, 5.74) is 0.413. The maximum Gasteiger partial charge on any atom is 0.336 e. The van der Waals surface area contributed by atoms with E-state index in [1.54, 1.807) is 36.4 Å². The second-order valence-electron chi connectivity index (χ2n) is 15.1. The standard InChI is InChI=1S/C32H68N.C14H10O4S2/c1-5-9-13-17-21-25-29-33(30-26-22-18-14-10-6-2,31-27-23-19-15-11-7-3)32-28-24-20-16-12-8-4;15-13(16)9-5-1-3-7-11(9)19-20-12-8-4-2-6-10(12)14(17)18/h5-32H2,1-4H3;1-8H,(H,15,16)(H,17,18)/q+1;. The van der Waals surface area contributed by atoms with E-state index in [0.29, 0.717) is 9.79 Å². The van der Waals surface area contributed by atoms with E-state index < -0.39 is 11.9 Å². The van der Waals surface area contributed by atoms with Crippen molar-refractivity contribution in [3.05, 3.63) is 59.7 Å². The molecule has 2 rings (SSSR count). The van der Waals surface area contributed by atoms with Crippen LogP contribution in [0.15, 0.2) is 58.3 Å². The van der Waals surface area contributed by atoms with E-state index in [4.69, 9.17) is 10.2 Å². The summed E-state index contributed by atoms with van der Waals surface area (Å²) in [6.07, 6.45) is 34.8. The summed E-state index contributed by atoms with van der Waals surface area (Å²) in [6.45, 7) is 15.3. The molecule has 53 heavy (non-hydrogen) atoms. The molecule has 2 aromatic rings. The smallest absolute Gasteiger partial charge is 0.336 e. The van der Waals surface area contributed by atoms with Crippen molar-refractivity contribution in [1.29, 1.82) is 0 Å². The summed E-state index contributed by atoms with van der Waals surface area (Å²) < 4.78 is 1.48. The van der Waals surface area contributed by atoms with E-state index in [-0.39, 0.29) is 11.1 Å². The molecule has 0 atom stereocenters. The largest absolute Gasteiger partial charge is 0.478 e. The van der Waals surface area contributed by atoms with E-state index in [9.17, 15) is 9.59 Å². The monoisotopic (exact) mass is 773 g/mol. The molecule has 0 aliphatic heterocycles. The number of benzene rings is 2. The molecule has 0 saturated carbocycles. The summed E-state index contributed by atoms with van der Waals surface area (Å²) >= 11 is 0. The molecule has 0 spiro atoms. The Balaban J connectivity index is 0.000000593. The van der Waals surface area contributed by atoms with Crippen molar-refractivity contribution < 1.29 is 24.3 Å². The van der Waals surface area contributed by atoms with Gasteiger partial charge in [-0.2, -0.15) is 0 Å². The first-order valence-corrected chi connectivity index (χ1v) is 23.8. The minimum absolute atomic E-state index is 0.206. The number of hydrogen-bond acceptors (Lipinski definition) is 4. The molecule has 0 aliphatic carbocycles. The van der Waals surface area contributed by atoms with Crippen LogP contribution in [0.1, 0.15) is 203 Å². The van der Waals surface area contributed by atoms with Crippen molar-refractivity contribution in [3.63, 3.8) is 0 Å². The second-order valence-corrected chi connectivity index (χ2v) is 17.3. The van der Waals surface area contributed by atoms with Crippen LogP contribution in [0.4, 0.5) is 0 Å². The Morgan fingerprint density at radius 2 is 0.660 bits per heavy atom. The van der Waals surface area contributed by atoms with Crippen LogP contribution in [-0.2, 0) is 0 Å². The molecule has 0 aromatic heterocycles. The lowest BCUT2D eigenvalue weighted by molar-refractivity contribution is -0.929. The summed E-state index contributed by atoms with van der Waals surface area (Å²) in [5, 5.41) is 18.2. The van der Waals surface area contributed by atoms with Gasteiger partial charge in [0, 0.05) is 9.79 Å². The van der Waals surface area contributed by atoms with Gasteiger partial charge in [0.1, 0.15) is 0 Å². The third kappa shape index (κ3) is 24.2. The van der Waals surface area contributed by atoms with Gasteiger partial charge < -0.3 is 14.7 Å². The first-order valence-electron chi connectivity index (χ1n) is 21.7. The zero-order valence-electron chi connectivity index (χ0n) is 34.4. The molecule has 0 bridgehead atoms. The molecular weight excluding hydrogens is 695 g/mol. The Labute approximate surface area is 333 Å². The van der Waals surface area contributed by atoms with Crippen molar-refractivity contribution in [2.45, 2.75) is 192 Å². The highest BCUT2D eigenvalue weighted by molar-refractivity contribution is 8.76. The summed E-state index contributed by atoms with van der Waals surface area (Å²) in [4.78, 5) is 23.4. The zero-order chi connectivity index (χ0) is 38.8. The number of rotatable bonds is 33. The summed E-state index contributed by atoms with van der Waals surface area (Å²) in [5.74, 6) is -2.00. The fourth-order valence-corrected chi connectivity index (χ4v) is 9.45. The van der Waals surface area contributed by atoms with Crippen molar-refractivity contribution >= 4 is 33.5 Å². The highest BCUT2D eigenvalue weighted by atomic mass is 33.1. The van der Waals surface area contributed by atoms with Crippen LogP contribution >= 0.6 is 21.6 Å². The van der Waals surface area contributed by atoms with Crippen LogP contribution < -0.4 is 0 Å². The fourth-order valence-electron chi connectivity index (χ4n) is 7.10. The fraction of sp³-hybridized carbons (Fsp3) is 0.696. The zero-order valence-corrected chi connectivity index (χ0v) is 36.0. The van der Waals surface area contributed by atoms with Crippen LogP contribution in [0.3, 0.4) is 0 Å². The van der Waals surface area contributed by atoms with Crippen LogP contribution in [0.5, 0.6) is 0 Å². The number of aromatic carboxylic acids is 2. The van der Waals surface area contributed by atoms with Gasteiger partial charge in [0.15, 0.2) is 0 Å². The molecule has 0 heterocycles. The average Bonchev–Trinajstić information content (AvgIpc) is 3.16. The van der Waals surface area contributed by atoms with E-state index in [1.165, 1.54) is 218 Å². The van der Waals surface area contributed by atoms with E-state index in [2.05, 4.69) is 27.7 Å². The van der Waals surface area contributed by atoms with E-state index >= 15 is 0 Å². The molecule has 302 valence electrons. The minimum Gasteiger partial charge on any atom is -0.478 e. The molecule has 0 amide bonds. The van der Waals surface area contributed by atoms with Crippen LogP contribution in [0.25, 0.3) is 0 Å². The predicted molar refractivity (Wildman–Crippen MR) is 232 cm³/mol. The quantitative estimate of drug-likeness (QED) is 0.0427. The molecule has 7 heteroatoms. The maximum absolute atomic E-state index is 11.1. The van der Waals surface area contributed by atoms with Gasteiger partial charge in [-0.15, -0.1) is 0 Å².